The SMILES string of the molecule is CCOC(=O)Cc1cnc(C(F)(F)F)c(C#N)c1C(F)F. The summed E-state index contributed by atoms with van der Waals surface area (Å²) in [6.07, 6.45) is -8.57. The van der Waals surface area contributed by atoms with Crippen LogP contribution in [0.4, 0.5) is 22.0 Å². The fourth-order valence-corrected chi connectivity index (χ4v) is 1.65. The zero-order chi connectivity index (χ0) is 16.2. The van der Waals surface area contributed by atoms with E-state index in [-0.39, 0.29) is 6.61 Å². The summed E-state index contributed by atoms with van der Waals surface area (Å²) in [7, 11) is 0. The van der Waals surface area contributed by atoms with Gasteiger partial charge in [0.2, 0.25) is 0 Å². The number of ether oxygens (including phenoxy) is 1. The molecule has 0 aromatic carbocycles. The van der Waals surface area contributed by atoms with Gasteiger partial charge in [0, 0.05) is 11.8 Å². The van der Waals surface area contributed by atoms with Gasteiger partial charge in [-0.25, -0.2) is 8.78 Å². The minimum Gasteiger partial charge on any atom is -0.466 e. The van der Waals surface area contributed by atoms with Crippen LogP contribution in [0.25, 0.3) is 0 Å². The van der Waals surface area contributed by atoms with Crippen LogP contribution in [0, 0.1) is 11.3 Å². The molecule has 0 aliphatic carbocycles. The fourth-order valence-electron chi connectivity index (χ4n) is 1.65. The number of nitrogens with zero attached hydrogens (tertiary/aromatic N) is 2. The van der Waals surface area contributed by atoms with Gasteiger partial charge >= 0.3 is 12.1 Å². The molecular formula is C12H9F5N2O2. The average molecular weight is 308 g/mol. The largest absolute Gasteiger partial charge is 0.466 e. The smallest absolute Gasteiger partial charge is 0.434 e. The van der Waals surface area contributed by atoms with Crippen molar-refractivity contribution in [2.24, 2.45) is 0 Å². The van der Waals surface area contributed by atoms with Gasteiger partial charge in [0.25, 0.3) is 6.43 Å². The Morgan fingerprint density at radius 3 is 2.52 bits per heavy atom. The van der Waals surface area contributed by atoms with Crippen molar-refractivity contribution in [3.63, 3.8) is 0 Å². The Morgan fingerprint density at radius 1 is 1.48 bits per heavy atom. The summed E-state index contributed by atoms with van der Waals surface area (Å²) in [6.45, 7) is 1.47. The normalized spacial score (nSPS) is 11.3. The van der Waals surface area contributed by atoms with Crippen LogP contribution in [0.15, 0.2) is 6.20 Å². The molecular weight excluding hydrogens is 299 g/mol. The van der Waals surface area contributed by atoms with E-state index >= 15 is 0 Å². The Hall–Kier alpha value is -2.24. The van der Waals surface area contributed by atoms with Crippen LogP contribution in [-0.4, -0.2) is 17.6 Å². The van der Waals surface area contributed by atoms with Crippen molar-refractivity contribution in [1.82, 2.24) is 4.98 Å². The van der Waals surface area contributed by atoms with E-state index in [0.29, 0.717) is 6.20 Å². The van der Waals surface area contributed by atoms with Crippen LogP contribution in [0.5, 0.6) is 0 Å². The number of halogens is 5. The molecule has 0 N–H and O–H groups in total. The number of esters is 1. The zero-order valence-corrected chi connectivity index (χ0v) is 10.7. The summed E-state index contributed by atoms with van der Waals surface area (Å²) in [5.74, 6) is -0.898. The van der Waals surface area contributed by atoms with Crippen molar-refractivity contribution in [1.29, 1.82) is 5.26 Å². The van der Waals surface area contributed by atoms with E-state index in [1.54, 1.807) is 0 Å². The Balaban J connectivity index is 3.42. The lowest BCUT2D eigenvalue weighted by molar-refractivity contribution is -0.142. The van der Waals surface area contributed by atoms with Crippen LogP contribution >= 0.6 is 0 Å². The molecule has 0 saturated heterocycles. The Labute approximate surface area is 116 Å². The average Bonchev–Trinajstić information content (AvgIpc) is 2.36. The first kappa shape index (κ1) is 16.8. The van der Waals surface area contributed by atoms with E-state index in [1.807, 2.05) is 0 Å². The van der Waals surface area contributed by atoms with Gasteiger partial charge in [-0.15, -0.1) is 0 Å². The number of carbonyl (C=O) groups excluding carboxylic acids is 1. The summed E-state index contributed by atoms with van der Waals surface area (Å²) < 4.78 is 68.4. The van der Waals surface area contributed by atoms with Crippen molar-refractivity contribution in [3.05, 3.63) is 28.6 Å². The molecule has 1 aromatic heterocycles. The number of aromatic nitrogens is 1. The molecule has 1 rings (SSSR count). The van der Waals surface area contributed by atoms with E-state index in [2.05, 4.69) is 9.72 Å². The lowest BCUT2D eigenvalue weighted by Crippen LogP contribution is -2.17. The van der Waals surface area contributed by atoms with E-state index in [4.69, 9.17) is 5.26 Å². The summed E-state index contributed by atoms with van der Waals surface area (Å²) >= 11 is 0. The molecule has 0 unspecified atom stereocenters. The van der Waals surface area contributed by atoms with Crippen molar-refractivity contribution in [2.75, 3.05) is 6.61 Å². The number of pyridine rings is 1. The Morgan fingerprint density at radius 2 is 2.10 bits per heavy atom. The summed E-state index contributed by atoms with van der Waals surface area (Å²) in [6, 6.07) is 1.08. The molecule has 0 radical (unpaired) electrons. The molecule has 114 valence electrons. The van der Waals surface area contributed by atoms with Crippen LogP contribution < -0.4 is 0 Å². The molecule has 9 heteroatoms. The number of alkyl halides is 5. The minimum atomic E-state index is -5.04. The predicted octanol–water partition coefficient (Wildman–Crippen LogP) is 3.02. The van der Waals surface area contributed by atoms with Crippen LogP contribution in [-0.2, 0) is 22.1 Å². The first-order valence-electron chi connectivity index (χ1n) is 5.65. The van der Waals surface area contributed by atoms with E-state index in [0.717, 1.165) is 6.07 Å². The van der Waals surface area contributed by atoms with Gasteiger partial charge in [-0.1, -0.05) is 0 Å². The highest BCUT2D eigenvalue weighted by Crippen LogP contribution is 2.36. The third kappa shape index (κ3) is 3.87. The van der Waals surface area contributed by atoms with Gasteiger partial charge in [-0.2, -0.15) is 18.4 Å². The van der Waals surface area contributed by atoms with Crippen molar-refractivity contribution < 1.29 is 31.5 Å². The molecule has 0 fully saturated rings. The number of nitriles is 1. The van der Waals surface area contributed by atoms with Crippen molar-refractivity contribution in [3.8, 4) is 6.07 Å². The first-order valence-corrected chi connectivity index (χ1v) is 5.65. The lowest BCUT2D eigenvalue weighted by Gasteiger charge is -2.14. The fraction of sp³-hybridized carbons (Fsp3) is 0.417. The second-order valence-corrected chi connectivity index (χ2v) is 3.81. The standard InChI is InChI=1S/C12H9F5N2O2/c1-2-21-8(20)3-6-5-19-10(12(15,16)17)7(4-18)9(6)11(13)14/h5,11H,2-3H2,1H3. The lowest BCUT2D eigenvalue weighted by atomic mass is 10.00. The van der Waals surface area contributed by atoms with Crippen molar-refractivity contribution >= 4 is 5.97 Å². The zero-order valence-electron chi connectivity index (χ0n) is 10.7. The molecule has 1 heterocycles. The molecule has 1 aromatic rings. The van der Waals surface area contributed by atoms with Gasteiger partial charge in [0.15, 0.2) is 5.69 Å². The van der Waals surface area contributed by atoms with Gasteiger partial charge in [0.1, 0.15) is 6.07 Å². The van der Waals surface area contributed by atoms with Crippen LogP contribution in [0.2, 0.25) is 0 Å². The van der Waals surface area contributed by atoms with Crippen molar-refractivity contribution in [2.45, 2.75) is 25.9 Å². The molecule has 0 aliphatic heterocycles. The van der Waals surface area contributed by atoms with Crippen LogP contribution in [0.1, 0.15) is 35.7 Å². The van der Waals surface area contributed by atoms with Crippen LogP contribution in [0.3, 0.4) is 0 Å². The van der Waals surface area contributed by atoms with E-state index < -0.39 is 47.4 Å². The quantitative estimate of drug-likeness (QED) is 0.633. The molecule has 0 spiro atoms. The van der Waals surface area contributed by atoms with Gasteiger partial charge in [-0.3, -0.25) is 9.78 Å². The maximum absolute atomic E-state index is 13.0. The predicted molar refractivity (Wildman–Crippen MR) is 59.2 cm³/mol. The molecule has 21 heavy (non-hydrogen) atoms. The molecule has 0 amide bonds. The highest BCUT2D eigenvalue weighted by molar-refractivity contribution is 5.73. The second-order valence-electron chi connectivity index (χ2n) is 3.81. The van der Waals surface area contributed by atoms with Gasteiger partial charge < -0.3 is 4.74 Å². The third-order valence-electron chi connectivity index (χ3n) is 2.44. The molecule has 0 bridgehead atoms. The monoisotopic (exact) mass is 308 g/mol. The number of rotatable bonds is 4. The summed E-state index contributed by atoms with van der Waals surface area (Å²) in [5.41, 5.74) is -4.59. The van der Waals surface area contributed by atoms with E-state index in [9.17, 15) is 26.7 Å². The topological polar surface area (TPSA) is 63.0 Å². The Kier molecular flexibility index (Phi) is 5.18. The molecule has 0 atom stereocenters. The summed E-state index contributed by atoms with van der Waals surface area (Å²) in [5, 5.41) is 8.73. The minimum absolute atomic E-state index is 0.0119. The Bertz CT molecular complexity index is 578. The number of hydrogen-bond acceptors (Lipinski definition) is 4. The molecule has 0 saturated carbocycles. The molecule has 0 aliphatic rings. The maximum atomic E-state index is 13.0. The highest BCUT2D eigenvalue weighted by atomic mass is 19.4. The second kappa shape index (κ2) is 6.47. The summed E-state index contributed by atoms with van der Waals surface area (Å²) in [4.78, 5) is 14.3. The number of hydrogen-bond donors (Lipinski definition) is 0. The molecule has 4 nitrogen and oxygen atoms in total. The number of carbonyl (C=O) groups is 1. The third-order valence-corrected chi connectivity index (χ3v) is 2.44. The van der Waals surface area contributed by atoms with Gasteiger partial charge in [-0.05, 0) is 12.5 Å². The van der Waals surface area contributed by atoms with E-state index in [1.165, 1.54) is 6.92 Å². The first-order chi connectivity index (χ1) is 9.72. The van der Waals surface area contributed by atoms with Gasteiger partial charge in [0.05, 0.1) is 18.6 Å². The maximum Gasteiger partial charge on any atom is 0.434 e. The highest BCUT2D eigenvalue weighted by Gasteiger charge is 2.38.